The zero-order valence-electron chi connectivity index (χ0n) is 9.67. The van der Waals surface area contributed by atoms with Crippen LogP contribution in [-0.4, -0.2) is 50.7 Å². The van der Waals surface area contributed by atoms with Crippen LogP contribution in [0.15, 0.2) is 0 Å². The molecule has 0 aliphatic carbocycles. The Labute approximate surface area is 86.6 Å². The van der Waals surface area contributed by atoms with Gasteiger partial charge in [-0.2, -0.15) is 0 Å². The molecule has 14 heavy (non-hydrogen) atoms. The molecule has 0 bridgehead atoms. The highest BCUT2D eigenvalue weighted by molar-refractivity contribution is 5.78. The molecule has 0 aromatic carbocycles. The monoisotopic (exact) mass is 202 g/mol. The van der Waals surface area contributed by atoms with E-state index in [1.807, 2.05) is 4.90 Å². The molecule has 0 heterocycles. The van der Waals surface area contributed by atoms with Gasteiger partial charge in [-0.3, -0.25) is 4.79 Å². The summed E-state index contributed by atoms with van der Waals surface area (Å²) in [4.78, 5) is 13.5. The van der Waals surface area contributed by atoms with Gasteiger partial charge in [-0.05, 0) is 20.4 Å². The van der Waals surface area contributed by atoms with Gasteiger partial charge in [-0.15, -0.1) is 0 Å². The van der Waals surface area contributed by atoms with Gasteiger partial charge in [0.2, 0.25) is 5.91 Å². The number of amides is 1. The predicted octanol–water partition coefficient (Wildman–Crippen LogP) is 0.479. The van der Waals surface area contributed by atoms with E-state index in [1.54, 1.807) is 14.2 Å². The molecule has 4 heteroatoms. The van der Waals surface area contributed by atoms with Crippen molar-refractivity contribution in [3.63, 3.8) is 0 Å². The molecule has 0 saturated carbocycles. The third-order valence-electron chi connectivity index (χ3n) is 2.31. The molecule has 0 aliphatic rings. The van der Waals surface area contributed by atoms with Gasteiger partial charge in [0.25, 0.3) is 0 Å². The van der Waals surface area contributed by atoms with Gasteiger partial charge >= 0.3 is 0 Å². The Balaban J connectivity index is 4.15. The maximum absolute atomic E-state index is 11.7. The number of nitrogens with zero attached hydrogens (tertiary/aromatic N) is 1. The topological polar surface area (TPSA) is 41.6 Å². The first-order chi connectivity index (χ1) is 6.67. The number of rotatable bonds is 7. The molecular formula is C10H22N2O2. The van der Waals surface area contributed by atoms with E-state index in [0.29, 0.717) is 19.7 Å². The zero-order valence-corrected chi connectivity index (χ0v) is 9.67. The number of ether oxygens (including phenoxy) is 1. The minimum absolute atomic E-state index is 0.138. The molecule has 0 spiro atoms. The zero-order chi connectivity index (χ0) is 11.0. The van der Waals surface area contributed by atoms with Crippen molar-refractivity contribution in [1.82, 2.24) is 10.2 Å². The first-order valence-corrected chi connectivity index (χ1v) is 5.10. The van der Waals surface area contributed by atoms with Crippen LogP contribution >= 0.6 is 0 Å². The quantitative estimate of drug-likeness (QED) is 0.653. The van der Waals surface area contributed by atoms with Crippen LogP contribution in [0.1, 0.15) is 20.3 Å². The Bertz CT molecular complexity index is 162. The SMILES string of the molecule is CCC(C)N(CCOC)C(=O)CNC. The molecule has 1 amide bonds. The fourth-order valence-electron chi connectivity index (χ4n) is 1.25. The molecular weight excluding hydrogens is 180 g/mol. The van der Waals surface area contributed by atoms with Crippen molar-refractivity contribution >= 4 is 5.91 Å². The van der Waals surface area contributed by atoms with E-state index in [2.05, 4.69) is 19.2 Å². The third kappa shape index (κ3) is 4.58. The molecule has 1 N–H and O–H groups in total. The largest absolute Gasteiger partial charge is 0.383 e. The highest BCUT2D eigenvalue weighted by atomic mass is 16.5. The van der Waals surface area contributed by atoms with Gasteiger partial charge in [0.1, 0.15) is 0 Å². The van der Waals surface area contributed by atoms with Gasteiger partial charge in [-0.25, -0.2) is 0 Å². The number of hydrogen-bond donors (Lipinski definition) is 1. The van der Waals surface area contributed by atoms with Crippen LogP contribution in [0.5, 0.6) is 0 Å². The molecule has 0 aromatic heterocycles. The first kappa shape index (κ1) is 13.4. The minimum atomic E-state index is 0.138. The van der Waals surface area contributed by atoms with Crippen LogP contribution in [0.4, 0.5) is 0 Å². The standard InChI is InChI=1S/C10H22N2O2/c1-5-9(2)12(6-7-14-4)10(13)8-11-3/h9,11H,5-8H2,1-4H3. The molecule has 0 saturated heterocycles. The summed E-state index contributed by atoms with van der Waals surface area (Å²) in [6.07, 6.45) is 0.971. The lowest BCUT2D eigenvalue weighted by atomic mass is 10.2. The summed E-state index contributed by atoms with van der Waals surface area (Å²) in [5.74, 6) is 0.138. The summed E-state index contributed by atoms with van der Waals surface area (Å²) in [6.45, 7) is 5.81. The van der Waals surface area contributed by atoms with E-state index < -0.39 is 0 Å². The van der Waals surface area contributed by atoms with Crippen LogP contribution in [0.3, 0.4) is 0 Å². The van der Waals surface area contributed by atoms with E-state index in [9.17, 15) is 4.79 Å². The smallest absolute Gasteiger partial charge is 0.236 e. The summed E-state index contributed by atoms with van der Waals surface area (Å²) >= 11 is 0. The molecule has 0 aliphatic heterocycles. The Morgan fingerprint density at radius 1 is 1.57 bits per heavy atom. The van der Waals surface area contributed by atoms with Crippen LogP contribution in [0.2, 0.25) is 0 Å². The molecule has 84 valence electrons. The second kappa shape index (κ2) is 7.76. The lowest BCUT2D eigenvalue weighted by molar-refractivity contribution is -0.132. The van der Waals surface area contributed by atoms with Crippen LogP contribution in [0, 0.1) is 0 Å². The average Bonchev–Trinajstić information content (AvgIpc) is 2.18. The number of carbonyl (C=O) groups excluding carboxylic acids is 1. The van der Waals surface area contributed by atoms with Crippen molar-refractivity contribution in [3.8, 4) is 0 Å². The number of nitrogens with one attached hydrogen (secondary N) is 1. The lowest BCUT2D eigenvalue weighted by Crippen LogP contribution is -2.44. The Morgan fingerprint density at radius 3 is 2.64 bits per heavy atom. The van der Waals surface area contributed by atoms with E-state index in [4.69, 9.17) is 4.74 Å². The van der Waals surface area contributed by atoms with Crippen molar-refractivity contribution in [2.45, 2.75) is 26.3 Å². The fraction of sp³-hybridized carbons (Fsp3) is 0.900. The molecule has 0 radical (unpaired) electrons. The number of methoxy groups -OCH3 is 1. The van der Waals surface area contributed by atoms with Crippen molar-refractivity contribution < 1.29 is 9.53 Å². The third-order valence-corrected chi connectivity index (χ3v) is 2.31. The average molecular weight is 202 g/mol. The Hall–Kier alpha value is -0.610. The fourth-order valence-corrected chi connectivity index (χ4v) is 1.25. The number of carbonyl (C=O) groups is 1. The van der Waals surface area contributed by atoms with Crippen molar-refractivity contribution in [2.24, 2.45) is 0 Å². The van der Waals surface area contributed by atoms with Crippen molar-refractivity contribution in [3.05, 3.63) is 0 Å². The van der Waals surface area contributed by atoms with E-state index >= 15 is 0 Å². The first-order valence-electron chi connectivity index (χ1n) is 5.10. The van der Waals surface area contributed by atoms with Gasteiger partial charge in [0, 0.05) is 19.7 Å². The second-order valence-corrected chi connectivity index (χ2v) is 3.37. The number of hydrogen-bond acceptors (Lipinski definition) is 3. The molecule has 0 fully saturated rings. The minimum Gasteiger partial charge on any atom is -0.383 e. The summed E-state index contributed by atoms with van der Waals surface area (Å²) in [7, 11) is 3.43. The van der Waals surface area contributed by atoms with E-state index in [-0.39, 0.29) is 11.9 Å². The highest BCUT2D eigenvalue weighted by Gasteiger charge is 2.17. The van der Waals surface area contributed by atoms with Crippen molar-refractivity contribution in [2.75, 3.05) is 33.9 Å². The second-order valence-electron chi connectivity index (χ2n) is 3.37. The number of likely N-dealkylation sites (N-methyl/N-ethyl adjacent to an activating group) is 1. The molecule has 1 unspecified atom stereocenters. The molecule has 0 aromatic rings. The molecule has 1 atom stereocenters. The van der Waals surface area contributed by atoms with Gasteiger partial charge in [0.15, 0.2) is 0 Å². The van der Waals surface area contributed by atoms with Crippen LogP contribution < -0.4 is 5.32 Å². The summed E-state index contributed by atoms with van der Waals surface area (Å²) in [5.41, 5.74) is 0. The Morgan fingerprint density at radius 2 is 2.21 bits per heavy atom. The van der Waals surface area contributed by atoms with E-state index in [0.717, 1.165) is 6.42 Å². The summed E-state index contributed by atoms with van der Waals surface area (Å²) < 4.78 is 4.98. The molecule has 4 nitrogen and oxygen atoms in total. The summed E-state index contributed by atoms with van der Waals surface area (Å²) in [5, 5.41) is 2.87. The van der Waals surface area contributed by atoms with E-state index in [1.165, 1.54) is 0 Å². The maximum Gasteiger partial charge on any atom is 0.236 e. The van der Waals surface area contributed by atoms with Crippen LogP contribution in [0.25, 0.3) is 0 Å². The van der Waals surface area contributed by atoms with Gasteiger partial charge < -0.3 is 15.0 Å². The highest BCUT2D eigenvalue weighted by Crippen LogP contribution is 2.03. The van der Waals surface area contributed by atoms with Crippen molar-refractivity contribution in [1.29, 1.82) is 0 Å². The lowest BCUT2D eigenvalue weighted by Gasteiger charge is -2.28. The van der Waals surface area contributed by atoms with Gasteiger partial charge in [0.05, 0.1) is 13.2 Å². The normalized spacial score (nSPS) is 12.6. The molecule has 0 rings (SSSR count). The van der Waals surface area contributed by atoms with Crippen LogP contribution in [-0.2, 0) is 9.53 Å². The summed E-state index contributed by atoms with van der Waals surface area (Å²) in [6, 6.07) is 0.283. The van der Waals surface area contributed by atoms with Gasteiger partial charge in [-0.1, -0.05) is 6.92 Å². The predicted molar refractivity (Wildman–Crippen MR) is 57.3 cm³/mol. The maximum atomic E-state index is 11.7. The Kier molecular flexibility index (Phi) is 7.42.